The van der Waals surface area contributed by atoms with Crippen LogP contribution in [0.15, 0.2) is 59.0 Å². The molecular weight excluding hydrogens is 376 g/mol. The second-order valence-corrected chi connectivity index (χ2v) is 7.94. The fourth-order valence-electron chi connectivity index (χ4n) is 4.01. The monoisotopic (exact) mass is 402 g/mol. The van der Waals surface area contributed by atoms with Gasteiger partial charge in [-0.05, 0) is 63.6 Å². The normalized spacial score (nSPS) is 13.3. The van der Waals surface area contributed by atoms with Gasteiger partial charge in [0, 0.05) is 41.5 Å². The van der Waals surface area contributed by atoms with E-state index < -0.39 is 0 Å². The Bertz CT molecular complexity index is 1070. The molecule has 0 radical (unpaired) electrons. The van der Waals surface area contributed by atoms with E-state index in [4.69, 9.17) is 4.42 Å². The molecule has 4 rings (SSSR count). The lowest BCUT2D eigenvalue weighted by Gasteiger charge is -2.26. The minimum absolute atomic E-state index is 0.0670. The largest absolute Gasteiger partial charge is 0.455 e. The number of hydrogen-bond acceptors (Lipinski definition) is 4. The van der Waals surface area contributed by atoms with Crippen LogP contribution in [0.2, 0.25) is 0 Å². The number of nitrogens with zero attached hydrogens (tertiary/aromatic N) is 1. The first-order valence-electron chi connectivity index (χ1n) is 10.4. The number of para-hydroxylation sites is 1. The van der Waals surface area contributed by atoms with E-state index in [1.807, 2.05) is 75.4 Å². The third-order valence-corrected chi connectivity index (χ3v) is 5.44. The molecule has 0 saturated heterocycles. The summed E-state index contributed by atoms with van der Waals surface area (Å²) in [5.41, 5.74) is 4.00. The number of anilines is 3. The van der Waals surface area contributed by atoms with Gasteiger partial charge in [-0.1, -0.05) is 18.2 Å². The van der Waals surface area contributed by atoms with E-state index in [0.717, 1.165) is 23.5 Å². The van der Waals surface area contributed by atoms with Crippen LogP contribution in [-0.4, -0.2) is 17.7 Å². The first-order valence-corrected chi connectivity index (χ1v) is 10.4. The average molecular weight is 402 g/mol. The average Bonchev–Trinajstić information content (AvgIpc) is 3.08. The third-order valence-electron chi connectivity index (χ3n) is 5.44. The zero-order valence-corrected chi connectivity index (χ0v) is 17.6. The van der Waals surface area contributed by atoms with Crippen molar-refractivity contribution in [1.29, 1.82) is 0 Å². The van der Waals surface area contributed by atoms with Crippen LogP contribution in [0.1, 0.15) is 58.9 Å². The zero-order chi connectivity index (χ0) is 21.3. The Kier molecular flexibility index (Phi) is 5.44. The highest BCUT2D eigenvalue weighted by Gasteiger charge is 2.32. The number of hydrogen-bond donors (Lipinski definition) is 1. The van der Waals surface area contributed by atoms with Crippen molar-refractivity contribution < 1.29 is 14.0 Å². The van der Waals surface area contributed by atoms with Crippen LogP contribution in [-0.2, 0) is 6.42 Å². The molecule has 0 fully saturated rings. The van der Waals surface area contributed by atoms with Crippen molar-refractivity contribution in [3.05, 3.63) is 77.2 Å². The van der Waals surface area contributed by atoms with Gasteiger partial charge in [0.25, 0.3) is 5.91 Å². The predicted molar refractivity (Wildman–Crippen MR) is 119 cm³/mol. The van der Waals surface area contributed by atoms with Crippen molar-refractivity contribution in [2.24, 2.45) is 0 Å². The molecule has 30 heavy (non-hydrogen) atoms. The van der Waals surface area contributed by atoms with Crippen LogP contribution in [0.5, 0.6) is 0 Å². The summed E-state index contributed by atoms with van der Waals surface area (Å²) in [5.74, 6) is 0.783. The van der Waals surface area contributed by atoms with Crippen molar-refractivity contribution in [3.8, 4) is 0 Å². The molecule has 0 atom stereocenters. The molecular formula is C25H26N2O3. The first-order chi connectivity index (χ1) is 14.5. The van der Waals surface area contributed by atoms with E-state index in [1.54, 1.807) is 4.90 Å². The van der Waals surface area contributed by atoms with Crippen LogP contribution in [0.25, 0.3) is 0 Å². The summed E-state index contributed by atoms with van der Waals surface area (Å²) < 4.78 is 5.90. The molecule has 1 heterocycles. The summed E-state index contributed by atoms with van der Waals surface area (Å²) in [4.78, 5) is 27.4. The molecule has 0 saturated carbocycles. The van der Waals surface area contributed by atoms with Crippen LogP contribution in [0.4, 0.5) is 17.1 Å². The number of fused-ring (bicyclic) bond motifs is 1. The predicted octanol–water partition coefficient (Wildman–Crippen LogP) is 5.91. The van der Waals surface area contributed by atoms with Gasteiger partial charge in [0.2, 0.25) is 0 Å². The molecule has 1 aromatic heterocycles. The Labute approximate surface area is 176 Å². The Morgan fingerprint density at radius 3 is 2.30 bits per heavy atom. The van der Waals surface area contributed by atoms with Gasteiger partial charge in [0.05, 0.1) is 5.56 Å². The lowest BCUT2D eigenvalue weighted by Crippen LogP contribution is -2.37. The van der Waals surface area contributed by atoms with E-state index >= 15 is 0 Å². The highest BCUT2D eigenvalue weighted by molar-refractivity contribution is 6.09. The van der Waals surface area contributed by atoms with E-state index in [1.165, 1.54) is 0 Å². The number of aryl methyl sites for hydroxylation is 1. The number of carbonyl (C=O) groups excluding carboxylic acids is 2. The van der Waals surface area contributed by atoms with E-state index in [2.05, 4.69) is 5.32 Å². The molecule has 0 aliphatic heterocycles. The van der Waals surface area contributed by atoms with Gasteiger partial charge >= 0.3 is 0 Å². The fourth-order valence-corrected chi connectivity index (χ4v) is 4.01. The highest BCUT2D eigenvalue weighted by Crippen LogP contribution is 2.32. The van der Waals surface area contributed by atoms with E-state index in [9.17, 15) is 9.59 Å². The quantitative estimate of drug-likeness (QED) is 0.577. The summed E-state index contributed by atoms with van der Waals surface area (Å²) in [6.45, 7) is 5.75. The minimum Gasteiger partial charge on any atom is -0.455 e. The van der Waals surface area contributed by atoms with Gasteiger partial charge in [-0.3, -0.25) is 9.59 Å². The summed E-state index contributed by atoms with van der Waals surface area (Å²) in [5, 5.41) is 3.35. The van der Waals surface area contributed by atoms with Crippen molar-refractivity contribution in [1.82, 2.24) is 0 Å². The fraction of sp³-hybridized carbons (Fsp3) is 0.280. The number of amides is 1. The second kappa shape index (κ2) is 8.19. The lowest BCUT2D eigenvalue weighted by atomic mass is 9.94. The van der Waals surface area contributed by atoms with Crippen LogP contribution in [0.3, 0.4) is 0 Å². The molecule has 3 aromatic rings. The number of carbonyl (C=O) groups is 2. The molecule has 1 aliphatic rings. The number of nitrogens with one attached hydrogen (secondary N) is 1. The Morgan fingerprint density at radius 2 is 1.67 bits per heavy atom. The summed E-state index contributed by atoms with van der Waals surface area (Å²) in [6.07, 6.45) is 2.00. The molecule has 154 valence electrons. The third kappa shape index (κ3) is 3.75. The van der Waals surface area contributed by atoms with Crippen molar-refractivity contribution in [3.63, 3.8) is 0 Å². The molecule has 1 aliphatic carbocycles. The molecule has 1 N–H and O–H groups in total. The lowest BCUT2D eigenvalue weighted by molar-refractivity contribution is 0.0943. The molecule has 5 heteroatoms. The number of rotatable bonds is 5. The minimum atomic E-state index is -0.214. The van der Waals surface area contributed by atoms with Crippen LogP contribution in [0, 0.1) is 6.92 Å². The maximum Gasteiger partial charge on any atom is 0.294 e. The number of Topliss-reactive ketones (excluding diaryl/α,β-unsaturated/α-hetero) is 1. The van der Waals surface area contributed by atoms with Crippen molar-refractivity contribution in [2.75, 3.05) is 10.2 Å². The maximum absolute atomic E-state index is 13.4. The second-order valence-electron chi connectivity index (χ2n) is 7.94. The Morgan fingerprint density at radius 1 is 1.00 bits per heavy atom. The molecule has 5 nitrogen and oxygen atoms in total. The topological polar surface area (TPSA) is 62.6 Å². The van der Waals surface area contributed by atoms with Gasteiger partial charge in [-0.2, -0.15) is 0 Å². The van der Waals surface area contributed by atoms with Gasteiger partial charge < -0.3 is 14.6 Å². The highest BCUT2D eigenvalue weighted by atomic mass is 16.4. The SMILES string of the molecule is Cc1c(C(=O)N(c2ccc(Nc3ccccc3)cc2)C(C)C)oc2c1C(=O)CCC2. The van der Waals surface area contributed by atoms with Crippen molar-refractivity contribution in [2.45, 2.75) is 46.1 Å². The number of ketones is 1. The molecule has 0 bridgehead atoms. The van der Waals surface area contributed by atoms with Crippen LogP contribution < -0.4 is 10.2 Å². The number of furan rings is 1. The van der Waals surface area contributed by atoms with Gasteiger partial charge in [-0.15, -0.1) is 0 Å². The molecule has 1 amide bonds. The zero-order valence-electron chi connectivity index (χ0n) is 17.6. The van der Waals surface area contributed by atoms with Gasteiger partial charge in [0.15, 0.2) is 11.5 Å². The number of benzene rings is 2. The van der Waals surface area contributed by atoms with E-state index in [0.29, 0.717) is 29.7 Å². The van der Waals surface area contributed by atoms with Crippen LogP contribution >= 0.6 is 0 Å². The summed E-state index contributed by atoms with van der Waals surface area (Å²) in [7, 11) is 0. The van der Waals surface area contributed by atoms with Crippen molar-refractivity contribution >= 4 is 28.8 Å². The first kappa shape index (κ1) is 20.0. The smallest absolute Gasteiger partial charge is 0.294 e. The Balaban J connectivity index is 1.61. The standard InChI is InChI=1S/C25H26N2O3/c1-16(2)27(20-14-12-19(13-15-20)26-18-8-5-4-6-9-18)25(29)24-17(3)23-21(28)10-7-11-22(23)30-24/h4-6,8-9,12-16,26H,7,10-11H2,1-3H3. The Hall–Kier alpha value is -3.34. The van der Waals surface area contributed by atoms with Gasteiger partial charge in [0.1, 0.15) is 5.76 Å². The van der Waals surface area contributed by atoms with Gasteiger partial charge in [-0.25, -0.2) is 0 Å². The maximum atomic E-state index is 13.4. The molecule has 0 spiro atoms. The summed E-state index contributed by atoms with van der Waals surface area (Å²) in [6, 6.07) is 17.6. The summed E-state index contributed by atoms with van der Waals surface area (Å²) >= 11 is 0. The molecule has 0 unspecified atom stereocenters. The molecule has 2 aromatic carbocycles. The van der Waals surface area contributed by atoms with E-state index in [-0.39, 0.29) is 23.5 Å².